The van der Waals surface area contributed by atoms with Crippen molar-refractivity contribution in [1.29, 1.82) is 0 Å². The summed E-state index contributed by atoms with van der Waals surface area (Å²) in [6, 6.07) is 10.7. The molecule has 2 saturated heterocycles. The Hall–Kier alpha value is -3.39. The molecule has 1 aromatic heterocycles. The summed E-state index contributed by atoms with van der Waals surface area (Å²) in [5.41, 5.74) is 1.89. The van der Waals surface area contributed by atoms with Gasteiger partial charge in [-0.2, -0.15) is 8.42 Å². The van der Waals surface area contributed by atoms with Crippen molar-refractivity contribution in [3.05, 3.63) is 42.5 Å². The molecule has 3 heterocycles. The van der Waals surface area contributed by atoms with E-state index in [1.54, 1.807) is 18.2 Å². The first-order valence-electron chi connectivity index (χ1n) is 12.7. The summed E-state index contributed by atoms with van der Waals surface area (Å²) in [5.74, 6) is 0.362. The van der Waals surface area contributed by atoms with Gasteiger partial charge in [0.25, 0.3) is 0 Å². The Morgan fingerprint density at radius 2 is 1.95 bits per heavy atom. The Morgan fingerprint density at radius 3 is 2.71 bits per heavy atom. The minimum absolute atomic E-state index is 0.0402. The van der Waals surface area contributed by atoms with Crippen LogP contribution < -0.4 is 20.1 Å². The second kappa shape index (κ2) is 12.0. The number of nitrogens with zero attached hydrogens (tertiary/aromatic N) is 2. The van der Waals surface area contributed by atoms with E-state index in [4.69, 9.17) is 13.7 Å². The Morgan fingerprint density at radius 1 is 1.13 bits per heavy atom. The van der Waals surface area contributed by atoms with Crippen LogP contribution in [-0.2, 0) is 19.6 Å². The van der Waals surface area contributed by atoms with E-state index in [0.29, 0.717) is 37.3 Å². The highest BCUT2D eigenvalue weighted by molar-refractivity contribution is 7.87. The third-order valence-corrected chi connectivity index (χ3v) is 7.67. The number of hydrogen-bond donors (Lipinski definition) is 4. The number of hydrogen-bond acceptors (Lipinski definition) is 9. The molecule has 0 spiro atoms. The second-order valence-electron chi connectivity index (χ2n) is 9.18. The minimum Gasteiger partial charge on any atom is -0.382 e. The number of carbonyl (C=O) groups excluding carboxylic acids is 1. The number of urea groups is 1. The van der Waals surface area contributed by atoms with Gasteiger partial charge in [-0.15, -0.1) is 0 Å². The Balaban J connectivity index is 1.14. The van der Waals surface area contributed by atoms with Gasteiger partial charge in [-0.05, 0) is 49.2 Å². The number of fused-ring (bicyclic) bond motifs is 1. The predicted molar refractivity (Wildman–Crippen MR) is 142 cm³/mol. The molecule has 2 aromatic carbocycles. The van der Waals surface area contributed by atoms with Gasteiger partial charge >= 0.3 is 16.1 Å². The Labute approximate surface area is 221 Å². The van der Waals surface area contributed by atoms with Crippen molar-refractivity contribution in [3.8, 4) is 5.75 Å². The monoisotopic (exact) mass is 544 g/mol. The molecule has 4 N–H and O–H groups in total. The SMILES string of the molecule is O=C(NCCN1CCOCC1)Nc1nc2cc(OS(=O)(=O)c3ccc(NCC4CCCO4)cc3)ccc2[nH]1. The molecule has 0 radical (unpaired) electrons. The topological polar surface area (TPSA) is 147 Å². The molecule has 0 aliphatic carbocycles. The minimum atomic E-state index is -4.04. The number of benzene rings is 2. The zero-order valence-corrected chi connectivity index (χ0v) is 21.8. The maximum atomic E-state index is 12.8. The summed E-state index contributed by atoms with van der Waals surface area (Å²) in [5, 5.41) is 8.73. The summed E-state index contributed by atoms with van der Waals surface area (Å²) in [6.07, 6.45) is 2.27. The van der Waals surface area contributed by atoms with Crippen LogP contribution in [-0.4, -0.2) is 88.0 Å². The first-order valence-corrected chi connectivity index (χ1v) is 14.1. The lowest BCUT2D eigenvalue weighted by Crippen LogP contribution is -2.42. The normalized spacial score (nSPS) is 18.4. The number of carbonyl (C=O) groups is 1. The maximum Gasteiger partial charge on any atom is 0.339 e. The van der Waals surface area contributed by atoms with Crippen LogP contribution in [0.1, 0.15) is 12.8 Å². The van der Waals surface area contributed by atoms with Crippen molar-refractivity contribution in [2.75, 3.05) is 63.2 Å². The van der Waals surface area contributed by atoms with Crippen LogP contribution in [0.5, 0.6) is 5.75 Å². The van der Waals surface area contributed by atoms with Gasteiger partial charge in [-0.25, -0.2) is 9.78 Å². The Kier molecular flexibility index (Phi) is 8.27. The van der Waals surface area contributed by atoms with Crippen molar-refractivity contribution in [3.63, 3.8) is 0 Å². The number of morpholine rings is 1. The zero-order chi connectivity index (χ0) is 26.4. The van der Waals surface area contributed by atoms with E-state index >= 15 is 0 Å². The second-order valence-corrected chi connectivity index (χ2v) is 10.7. The van der Waals surface area contributed by atoms with Gasteiger partial charge in [0.2, 0.25) is 5.95 Å². The van der Waals surface area contributed by atoms with Crippen molar-refractivity contribution in [1.82, 2.24) is 20.2 Å². The van der Waals surface area contributed by atoms with E-state index < -0.39 is 10.1 Å². The van der Waals surface area contributed by atoms with Crippen LogP contribution in [0.3, 0.4) is 0 Å². The molecule has 2 aliphatic heterocycles. The highest BCUT2D eigenvalue weighted by atomic mass is 32.2. The highest BCUT2D eigenvalue weighted by Gasteiger charge is 2.19. The summed E-state index contributed by atoms with van der Waals surface area (Å²) >= 11 is 0. The average molecular weight is 545 g/mol. The summed E-state index contributed by atoms with van der Waals surface area (Å²) in [6.45, 7) is 5.82. The lowest BCUT2D eigenvalue weighted by Gasteiger charge is -2.26. The first kappa shape index (κ1) is 26.2. The van der Waals surface area contributed by atoms with Crippen molar-refractivity contribution in [2.24, 2.45) is 0 Å². The fourth-order valence-electron chi connectivity index (χ4n) is 4.35. The van der Waals surface area contributed by atoms with Gasteiger partial charge in [0.1, 0.15) is 10.6 Å². The van der Waals surface area contributed by atoms with Gasteiger partial charge in [0, 0.05) is 51.1 Å². The molecule has 2 amide bonds. The smallest absolute Gasteiger partial charge is 0.339 e. The average Bonchev–Trinajstić information content (AvgIpc) is 3.57. The lowest BCUT2D eigenvalue weighted by molar-refractivity contribution is 0.0388. The van der Waals surface area contributed by atoms with E-state index in [1.807, 2.05) is 0 Å². The molecular weight excluding hydrogens is 512 g/mol. The summed E-state index contributed by atoms with van der Waals surface area (Å²) in [7, 11) is -4.04. The van der Waals surface area contributed by atoms with Crippen LogP contribution >= 0.6 is 0 Å². The van der Waals surface area contributed by atoms with Gasteiger partial charge < -0.3 is 29.3 Å². The molecule has 3 aromatic rings. The van der Waals surface area contributed by atoms with Gasteiger partial charge in [-0.1, -0.05) is 0 Å². The quantitative estimate of drug-likeness (QED) is 0.283. The van der Waals surface area contributed by atoms with E-state index in [2.05, 4.69) is 30.8 Å². The number of ether oxygens (including phenoxy) is 2. The molecule has 1 atom stereocenters. The molecule has 0 saturated carbocycles. The largest absolute Gasteiger partial charge is 0.382 e. The van der Waals surface area contributed by atoms with Crippen molar-refractivity contribution < 1.29 is 26.9 Å². The van der Waals surface area contributed by atoms with Crippen molar-refractivity contribution >= 4 is 38.8 Å². The Bertz CT molecular complexity index is 1330. The van der Waals surface area contributed by atoms with Crippen LogP contribution in [0.15, 0.2) is 47.4 Å². The molecule has 12 nitrogen and oxygen atoms in total. The number of nitrogens with one attached hydrogen (secondary N) is 4. The van der Waals surface area contributed by atoms with Crippen LogP contribution in [0.4, 0.5) is 16.4 Å². The standard InChI is InChI=1S/C25H32N6O6S/c32-25(26-9-10-31-11-14-35-15-12-31)30-24-28-22-8-5-19(16-23(22)29-24)37-38(33,34)21-6-3-18(4-7-21)27-17-20-2-1-13-36-20/h3-8,16,20,27H,1-2,9-15,17H2,(H3,26,28,29,30,32). The van der Waals surface area contributed by atoms with E-state index in [9.17, 15) is 13.2 Å². The zero-order valence-electron chi connectivity index (χ0n) is 20.9. The summed E-state index contributed by atoms with van der Waals surface area (Å²) < 4.78 is 41.9. The third kappa shape index (κ3) is 6.92. The van der Waals surface area contributed by atoms with Crippen molar-refractivity contribution in [2.45, 2.75) is 23.8 Å². The molecule has 204 valence electrons. The predicted octanol–water partition coefficient (Wildman–Crippen LogP) is 2.38. The lowest BCUT2D eigenvalue weighted by atomic mass is 10.2. The molecule has 38 heavy (non-hydrogen) atoms. The number of aromatic nitrogens is 2. The molecular formula is C25H32N6O6S. The fraction of sp³-hybridized carbons (Fsp3) is 0.440. The van der Waals surface area contributed by atoms with Gasteiger partial charge in [0.15, 0.2) is 0 Å². The van der Waals surface area contributed by atoms with Gasteiger partial charge in [-0.3, -0.25) is 10.2 Å². The molecule has 5 rings (SSSR count). The van der Waals surface area contributed by atoms with E-state index in [0.717, 1.165) is 44.8 Å². The number of aromatic amines is 1. The summed E-state index contributed by atoms with van der Waals surface area (Å²) in [4.78, 5) is 21.8. The molecule has 0 bridgehead atoms. The van der Waals surface area contributed by atoms with Gasteiger partial charge in [0.05, 0.1) is 30.4 Å². The molecule has 13 heteroatoms. The highest BCUT2D eigenvalue weighted by Crippen LogP contribution is 2.25. The van der Waals surface area contributed by atoms with Crippen LogP contribution in [0, 0.1) is 0 Å². The van der Waals surface area contributed by atoms with E-state index in [1.165, 1.54) is 24.3 Å². The number of anilines is 2. The number of H-pyrrole nitrogens is 1. The molecule has 1 unspecified atom stereocenters. The van der Waals surface area contributed by atoms with Crippen LogP contribution in [0.2, 0.25) is 0 Å². The first-order chi connectivity index (χ1) is 18.4. The fourth-order valence-corrected chi connectivity index (χ4v) is 5.27. The number of imidazole rings is 1. The molecule has 2 fully saturated rings. The maximum absolute atomic E-state index is 12.8. The third-order valence-electron chi connectivity index (χ3n) is 6.41. The van der Waals surface area contributed by atoms with Crippen LogP contribution in [0.25, 0.3) is 11.0 Å². The van der Waals surface area contributed by atoms with E-state index in [-0.39, 0.29) is 28.7 Å². The number of rotatable bonds is 10. The molecule has 2 aliphatic rings. The number of amides is 2.